The molecule has 0 bridgehead atoms. The number of aliphatic hydroxyl groups excluding tert-OH is 1. The van der Waals surface area contributed by atoms with Crippen LogP contribution in [0.5, 0.6) is 0 Å². The summed E-state index contributed by atoms with van der Waals surface area (Å²) in [6.07, 6.45) is 4.55. The molecule has 0 saturated carbocycles. The fraction of sp³-hybridized carbons (Fsp3) is 0.625. The summed E-state index contributed by atoms with van der Waals surface area (Å²) in [5, 5.41) is 13.6. The highest BCUT2D eigenvalue weighted by molar-refractivity contribution is 5.33. The molecule has 1 aromatic carbocycles. The van der Waals surface area contributed by atoms with Crippen LogP contribution in [0.15, 0.2) is 24.3 Å². The van der Waals surface area contributed by atoms with E-state index in [0.29, 0.717) is 6.04 Å². The van der Waals surface area contributed by atoms with Gasteiger partial charge in [0.15, 0.2) is 0 Å². The van der Waals surface area contributed by atoms with Gasteiger partial charge >= 0.3 is 0 Å². The Labute approximate surface area is 115 Å². The molecule has 1 atom stereocenters. The monoisotopic (exact) mass is 260 g/mol. The molecule has 1 fully saturated rings. The molecule has 3 nitrogen and oxygen atoms in total. The fourth-order valence-corrected chi connectivity index (χ4v) is 3.33. The van der Waals surface area contributed by atoms with Crippen molar-refractivity contribution in [2.45, 2.75) is 37.8 Å². The molecule has 0 aromatic heterocycles. The molecule has 2 aliphatic rings. The topological polar surface area (TPSA) is 35.5 Å². The number of likely N-dealkylation sites (tertiary alicyclic amines) is 1. The first-order valence-electron chi connectivity index (χ1n) is 7.52. The van der Waals surface area contributed by atoms with Crippen LogP contribution in [0.1, 0.15) is 24.0 Å². The Hall–Kier alpha value is -0.900. The van der Waals surface area contributed by atoms with Gasteiger partial charge in [-0.1, -0.05) is 24.3 Å². The maximum absolute atomic E-state index is 10.1. The standard InChI is InChI=1S/C16H24N2O/c19-16(12-18-7-3-4-8-18)11-17-15-9-13-5-1-2-6-14(13)10-15/h1-2,5-6,15-17,19H,3-4,7-12H2. The van der Waals surface area contributed by atoms with Crippen LogP contribution in [-0.4, -0.2) is 48.3 Å². The van der Waals surface area contributed by atoms with Gasteiger partial charge in [0, 0.05) is 19.1 Å². The largest absolute Gasteiger partial charge is 0.390 e. The minimum absolute atomic E-state index is 0.234. The lowest BCUT2D eigenvalue weighted by Gasteiger charge is -2.21. The van der Waals surface area contributed by atoms with Crippen molar-refractivity contribution >= 4 is 0 Å². The van der Waals surface area contributed by atoms with Gasteiger partial charge in [-0.15, -0.1) is 0 Å². The molecule has 2 N–H and O–H groups in total. The third-order valence-electron chi connectivity index (χ3n) is 4.36. The van der Waals surface area contributed by atoms with Crippen molar-refractivity contribution in [1.82, 2.24) is 10.2 Å². The third-order valence-corrected chi connectivity index (χ3v) is 4.36. The molecular formula is C16H24N2O. The summed E-state index contributed by atoms with van der Waals surface area (Å²) >= 11 is 0. The van der Waals surface area contributed by atoms with Gasteiger partial charge < -0.3 is 15.3 Å². The van der Waals surface area contributed by atoms with E-state index in [1.165, 1.54) is 24.0 Å². The average molecular weight is 260 g/mol. The SMILES string of the molecule is OC(CNC1Cc2ccccc2C1)CN1CCCC1. The van der Waals surface area contributed by atoms with Gasteiger partial charge in [-0.25, -0.2) is 0 Å². The van der Waals surface area contributed by atoms with Crippen molar-refractivity contribution in [2.75, 3.05) is 26.2 Å². The molecule has 0 spiro atoms. The molecule has 3 rings (SSSR count). The second-order valence-corrected chi connectivity index (χ2v) is 5.94. The Morgan fingerprint density at radius 3 is 2.42 bits per heavy atom. The lowest BCUT2D eigenvalue weighted by molar-refractivity contribution is 0.120. The molecule has 1 saturated heterocycles. The highest BCUT2D eigenvalue weighted by Gasteiger charge is 2.22. The van der Waals surface area contributed by atoms with Gasteiger partial charge in [0.05, 0.1) is 6.10 Å². The summed E-state index contributed by atoms with van der Waals surface area (Å²) in [6.45, 7) is 3.86. The van der Waals surface area contributed by atoms with Gasteiger partial charge in [-0.3, -0.25) is 0 Å². The van der Waals surface area contributed by atoms with E-state index in [2.05, 4.69) is 34.5 Å². The van der Waals surface area contributed by atoms with Gasteiger partial charge in [-0.05, 0) is 49.9 Å². The van der Waals surface area contributed by atoms with Crippen LogP contribution >= 0.6 is 0 Å². The molecule has 3 heteroatoms. The van der Waals surface area contributed by atoms with Crippen LogP contribution in [0.3, 0.4) is 0 Å². The van der Waals surface area contributed by atoms with Gasteiger partial charge in [0.2, 0.25) is 0 Å². The lowest BCUT2D eigenvalue weighted by Crippen LogP contribution is -2.41. The molecule has 1 aliphatic carbocycles. The van der Waals surface area contributed by atoms with E-state index >= 15 is 0 Å². The van der Waals surface area contributed by atoms with Crippen molar-refractivity contribution in [3.63, 3.8) is 0 Å². The van der Waals surface area contributed by atoms with Crippen LogP contribution in [0.2, 0.25) is 0 Å². The summed E-state index contributed by atoms with van der Waals surface area (Å²) in [4.78, 5) is 2.37. The molecule has 1 unspecified atom stereocenters. The Morgan fingerprint density at radius 2 is 1.79 bits per heavy atom. The van der Waals surface area contributed by atoms with Crippen LogP contribution in [0, 0.1) is 0 Å². The van der Waals surface area contributed by atoms with E-state index in [-0.39, 0.29) is 6.10 Å². The Bertz CT molecular complexity index is 390. The van der Waals surface area contributed by atoms with E-state index in [9.17, 15) is 5.11 Å². The predicted octanol–water partition coefficient (Wildman–Crippen LogP) is 1.20. The van der Waals surface area contributed by atoms with Crippen LogP contribution in [0.25, 0.3) is 0 Å². The van der Waals surface area contributed by atoms with Crippen molar-refractivity contribution in [3.05, 3.63) is 35.4 Å². The summed E-state index contributed by atoms with van der Waals surface area (Å²) in [6, 6.07) is 9.17. The zero-order valence-corrected chi connectivity index (χ0v) is 11.5. The quantitative estimate of drug-likeness (QED) is 0.835. The number of hydrogen-bond donors (Lipinski definition) is 2. The molecule has 104 valence electrons. The van der Waals surface area contributed by atoms with Crippen LogP contribution < -0.4 is 5.32 Å². The lowest BCUT2D eigenvalue weighted by atomic mass is 10.1. The van der Waals surface area contributed by atoms with E-state index in [1.54, 1.807) is 0 Å². The van der Waals surface area contributed by atoms with E-state index in [4.69, 9.17) is 0 Å². The zero-order valence-electron chi connectivity index (χ0n) is 11.5. The molecule has 19 heavy (non-hydrogen) atoms. The summed E-state index contributed by atoms with van der Waals surface area (Å²) in [7, 11) is 0. The van der Waals surface area contributed by atoms with Crippen LogP contribution in [0.4, 0.5) is 0 Å². The van der Waals surface area contributed by atoms with Gasteiger partial charge in [0.1, 0.15) is 0 Å². The van der Waals surface area contributed by atoms with Gasteiger partial charge in [-0.2, -0.15) is 0 Å². The molecule has 0 radical (unpaired) electrons. The maximum Gasteiger partial charge on any atom is 0.0791 e. The first-order chi connectivity index (χ1) is 9.31. The number of aliphatic hydroxyl groups is 1. The third kappa shape index (κ3) is 3.35. The van der Waals surface area contributed by atoms with Crippen LogP contribution in [-0.2, 0) is 12.8 Å². The highest BCUT2D eigenvalue weighted by Crippen LogP contribution is 2.21. The summed E-state index contributed by atoms with van der Waals surface area (Å²) in [5.41, 5.74) is 2.93. The number of β-amino-alcohol motifs (C(OH)–C–C–N with tert-alkyl or cyclic N) is 1. The molecule has 1 aliphatic heterocycles. The number of hydrogen-bond acceptors (Lipinski definition) is 3. The number of fused-ring (bicyclic) bond motifs is 1. The zero-order chi connectivity index (χ0) is 13.1. The van der Waals surface area contributed by atoms with E-state index < -0.39 is 0 Å². The number of nitrogens with zero attached hydrogens (tertiary/aromatic N) is 1. The average Bonchev–Trinajstić information content (AvgIpc) is 3.04. The molecular weight excluding hydrogens is 236 g/mol. The summed E-state index contributed by atoms with van der Waals surface area (Å²) < 4.78 is 0. The Kier molecular flexibility index (Phi) is 4.16. The van der Waals surface area contributed by atoms with E-state index in [1.807, 2.05) is 0 Å². The predicted molar refractivity (Wildman–Crippen MR) is 77.3 cm³/mol. The fourth-order valence-electron chi connectivity index (χ4n) is 3.33. The van der Waals surface area contributed by atoms with Gasteiger partial charge in [0.25, 0.3) is 0 Å². The summed E-state index contributed by atoms with van der Waals surface area (Å²) in [5.74, 6) is 0. The second kappa shape index (κ2) is 6.04. The highest BCUT2D eigenvalue weighted by atomic mass is 16.3. The molecule has 0 amide bonds. The number of rotatable bonds is 5. The Balaban J connectivity index is 1.41. The van der Waals surface area contributed by atoms with E-state index in [0.717, 1.165) is 39.0 Å². The van der Waals surface area contributed by atoms with Crippen molar-refractivity contribution in [3.8, 4) is 0 Å². The molecule has 1 heterocycles. The molecule has 1 aromatic rings. The number of nitrogens with one attached hydrogen (secondary N) is 1. The minimum atomic E-state index is -0.234. The second-order valence-electron chi connectivity index (χ2n) is 5.94. The first kappa shape index (κ1) is 13.1. The normalized spacial score (nSPS) is 21.7. The van der Waals surface area contributed by atoms with Crippen molar-refractivity contribution < 1.29 is 5.11 Å². The van der Waals surface area contributed by atoms with Crippen molar-refractivity contribution in [1.29, 1.82) is 0 Å². The van der Waals surface area contributed by atoms with Crippen molar-refractivity contribution in [2.24, 2.45) is 0 Å². The maximum atomic E-state index is 10.1. The first-order valence-corrected chi connectivity index (χ1v) is 7.52. The smallest absolute Gasteiger partial charge is 0.0791 e. The number of benzene rings is 1. The Morgan fingerprint density at radius 1 is 1.16 bits per heavy atom. The minimum Gasteiger partial charge on any atom is -0.390 e.